The van der Waals surface area contributed by atoms with Crippen molar-refractivity contribution in [3.05, 3.63) is 76.9 Å². The average Bonchev–Trinajstić information content (AvgIpc) is 3.12. The molecule has 0 atom stereocenters. The number of benzene rings is 1. The van der Waals surface area contributed by atoms with Crippen LogP contribution >= 0.6 is 0 Å². The van der Waals surface area contributed by atoms with Crippen molar-refractivity contribution in [2.24, 2.45) is 0 Å². The monoisotopic (exact) mass is 502 g/mol. The molecule has 11 nitrogen and oxygen atoms in total. The molecular formula is C25H26O11. The van der Waals surface area contributed by atoms with Gasteiger partial charge in [0.15, 0.2) is 0 Å². The number of carboxylic acid groups (broad SMARTS) is 4. The summed E-state index contributed by atoms with van der Waals surface area (Å²) in [4.78, 5) is 62.0. The molecule has 0 bridgehead atoms. The third-order valence-electron chi connectivity index (χ3n) is 4.01. The van der Waals surface area contributed by atoms with E-state index < -0.39 is 35.8 Å². The van der Waals surface area contributed by atoms with Crippen molar-refractivity contribution in [1.29, 1.82) is 0 Å². The topological polar surface area (TPSA) is 193 Å². The van der Waals surface area contributed by atoms with E-state index in [2.05, 4.69) is 4.74 Å². The number of carbonyl (C=O) groups is 6. The number of hydrogen-bond acceptors (Lipinski definition) is 7. The van der Waals surface area contributed by atoms with E-state index >= 15 is 0 Å². The Bertz CT molecular complexity index is 1090. The summed E-state index contributed by atoms with van der Waals surface area (Å²) in [5.74, 6) is -6.00. The molecule has 0 radical (unpaired) electrons. The lowest BCUT2D eigenvalue weighted by Gasteiger charge is -1.97. The van der Waals surface area contributed by atoms with Crippen molar-refractivity contribution in [2.75, 3.05) is 0 Å². The van der Waals surface area contributed by atoms with Crippen LogP contribution in [-0.2, 0) is 33.5 Å². The lowest BCUT2D eigenvalue weighted by molar-refractivity contribution is -0.150. The molecule has 1 aromatic rings. The van der Waals surface area contributed by atoms with Crippen LogP contribution in [0, 0.1) is 0 Å². The van der Waals surface area contributed by atoms with Crippen LogP contribution in [0.2, 0.25) is 0 Å². The highest BCUT2D eigenvalue weighted by Crippen LogP contribution is 2.12. The number of hydrogen-bond donors (Lipinski definition) is 4. The SMILES string of the molecule is C/C(=C/C(=O)O)C(=O)O.CCCC/C(=C/C(=O)O)C(=O)O.O=C1C=C(C=Cc2ccccc2)C(=O)O1. The minimum atomic E-state index is -1.24. The van der Waals surface area contributed by atoms with Gasteiger partial charge in [-0.2, -0.15) is 0 Å². The van der Waals surface area contributed by atoms with E-state index in [0.29, 0.717) is 18.9 Å². The second-order valence-electron chi connectivity index (χ2n) is 6.94. The molecule has 1 aliphatic rings. The molecular weight excluding hydrogens is 476 g/mol. The molecule has 1 aliphatic heterocycles. The average molecular weight is 502 g/mol. The Labute approximate surface area is 206 Å². The fourth-order valence-electron chi connectivity index (χ4n) is 2.24. The zero-order valence-electron chi connectivity index (χ0n) is 19.5. The molecule has 0 fully saturated rings. The Kier molecular flexibility index (Phi) is 14.5. The van der Waals surface area contributed by atoms with Gasteiger partial charge in [-0.25, -0.2) is 28.8 Å². The number of carboxylic acids is 4. The lowest BCUT2D eigenvalue weighted by Crippen LogP contribution is -2.03. The highest BCUT2D eigenvalue weighted by Gasteiger charge is 2.20. The molecule has 0 saturated carbocycles. The smallest absolute Gasteiger partial charge is 0.346 e. The Balaban J connectivity index is 0.000000531. The molecule has 0 aromatic heterocycles. The van der Waals surface area contributed by atoms with Gasteiger partial charge in [0.05, 0.1) is 5.57 Å². The number of esters is 2. The standard InChI is InChI=1S/C12H8O3.C8H12O4.C5H6O4/c13-11-8-10(12(14)15-11)7-6-9-4-2-1-3-5-9;1-2-3-4-6(8(11)12)5-7(9)10;1-3(5(8)9)2-4(6)7/h1-8H;5H,2-4H2,1H3,(H,9,10)(H,11,12);2H,1H3,(H,6,7)(H,8,9)/b;6-5-;3-2-. The first-order chi connectivity index (χ1) is 16.9. The van der Waals surface area contributed by atoms with Crippen LogP contribution in [0.4, 0.5) is 0 Å². The number of rotatable bonds is 9. The van der Waals surface area contributed by atoms with E-state index in [4.69, 9.17) is 20.4 Å². The molecule has 0 saturated heterocycles. The maximum absolute atomic E-state index is 11.0. The molecule has 192 valence electrons. The van der Waals surface area contributed by atoms with Gasteiger partial charge in [0.25, 0.3) is 0 Å². The van der Waals surface area contributed by atoms with Crippen LogP contribution < -0.4 is 0 Å². The van der Waals surface area contributed by atoms with Gasteiger partial charge < -0.3 is 25.2 Å². The van der Waals surface area contributed by atoms with Gasteiger partial charge in [-0.05, 0) is 31.4 Å². The summed E-state index contributed by atoms with van der Waals surface area (Å²) in [6.45, 7) is 3.14. The Morgan fingerprint density at radius 3 is 1.83 bits per heavy atom. The van der Waals surface area contributed by atoms with Crippen LogP contribution in [-0.4, -0.2) is 56.2 Å². The van der Waals surface area contributed by atoms with Crippen molar-refractivity contribution in [1.82, 2.24) is 0 Å². The normalized spacial score (nSPS) is 13.0. The van der Waals surface area contributed by atoms with E-state index in [9.17, 15) is 28.8 Å². The summed E-state index contributed by atoms with van der Waals surface area (Å²) in [6.07, 6.45) is 7.77. The van der Waals surface area contributed by atoms with E-state index in [1.54, 1.807) is 12.2 Å². The van der Waals surface area contributed by atoms with Crippen molar-refractivity contribution in [3.8, 4) is 0 Å². The maximum atomic E-state index is 11.0. The fourth-order valence-corrected chi connectivity index (χ4v) is 2.24. The van der Waals surface area contributed by atoms with Gasteiger partial charge in [0.2, 0.25) is 0 Å². The molecule has 0 aliphatic carbocycles. The zero-order chi connectivity index (χ0) is 27.7. The summed E-state index contributed by atoms with van der Waals surface area (Å²) in [5.41, 5.74) is 1.03. The summed E-state index contributed by atoms with van der Waals surface area (Å²) in [6, 6.07) is 9.50. The number of carbonyl (C=O) groups excluding carboxylic acids is 2. The predicted molar refractivity (Wildman–Crippen MR) is 127 cm³/mol. The highest BCUT2D eigenvalue weighted by atomic mass is 16.6. The van der Waals surface area contributed by atoms with Crippen molar-refractivity contribution >= 4 is 41.9 Å². The first-order valence-corrected chi connectivity index (χ1v) is 10.4. The largest absolute Gasteiger partial charge is 0.478 e. The predicted octanol–water partition coefficient (Wildman–Crippen LogP) is 3.08. The van der Waals surface area contributed by atoms with E-state index in [-0.39, 0.29) is 16.7 Å². The number of ether oxygens (including phenoxy) is 1. The number of cyclic esters (lactones) is 2. The minimum Gasteiger partial charge on any atom is -0.478 e. The quantitative estimate of drug-likeness (QED) is 0.220. The molecule has 36 heavy (non-hydrogen) atoms. The highest BCUT2D eigenvalue weighted by molar-refractivity contribution is 6.11. The molecule has 0 unspecified atom stereocenters. The third kappa shape index (κ3) is 14.4. The van der Waals surface area contributed by atoms with Gasteiger partial charge in [-0.15, -0.1) is 0 Å². The fraction of sp³-hybridized carbons (Fsp3) is 0.200. The van der Waals surface area contributed by atoms with Gasteiger partial charge >= 0.3 is 35.8 Å². The second-order valence-corrected chi connectivity index (χ2v) is 6.94. The van der Waals surface area contributed by atoms with Crippen molar-refractivity contribution < 1.29 is 53.9 Å². The molecule has 1 aromatic carbocycles. The Morgan fingerprint density at radius 2 is 1.44 bits per heavy atom. The number of unbranched alkanes of at least 4 members (excludes halogenated alkanes) is 1. The van der Waals surface area contributed by atoms with E-state index in [1.165, 1.54) is 13.0 Å². The molecule has 0 amide bonds. The third-order valence-corrected chi connectivity index (χ3v) is 4.01. The molecule has 0 spiro atoms. The molecule has 4 N–H and O–H groups in total. The van der Waals surface area contributed by atoms with Gasteiger partial charge in [-0.1, -0.05) is 49.8 Å². The Morgan fingerprint density at radius 1 is 0.861 bits per heavy atom. The Hall–Kier alpha value is -4.80. The van der Waals surface area contributed by atoms with Crippen LogP contribution in [0.5, 0.6) is 0 Å². The summed E-state index contributed by atoms with van der Waals surface area (Å²) in [5, 5.41) is 32.9. The second kappa shape index (κ2) is 16.8. The van der Waals surface area contributed by atoms with Crippen LogP contribution in [0.15, 0.2) is 71.4 Å². The van der Waals surface area contributed by atoms with Crippen molar-refractivity contribution in [2.45, 2.75) is 33.1 Å². The van der Waals surface area contributed by atoms with Gasteiger partial charge in [-0.3, -0.25) is 0 Å². The molecule has 1 heterocycles. The number of aliphatic carboxylic acids is 4. The minimum absolute atomic E-state index is 0.0376. The van der Waals surface area contributed by atoms with E-state index in [0.717, 1.165) is 18.1 Å². The van der Waals surface area contributed by atoms with Gasteiger partial charge in [0, 0.05) is 29.4 Å². The maximum Gasteiger partial charge on any atom is 0.346 e. The summed E-state index contributed by atoms with van der Waals surface area (Å²) < 4.78 is 4.34. The van der Waals surface area contributed by atoms with Crippen LogP contribution in [0.1, 0.15) is 38.7 Å². The van der Waals surface area contributed by atoms with E-state index in [1.807, 2.05) is 37.3 Å². The van der Waals surface area contributed by atoms with Crippen LogP contribution in [0.25, 0.3) is 6.08 Å². The zero-order valence-corrected chi connectivity index (χ0v) is 19.5. The molecule has 11 heteroatoms. The lowest BCUT2D eigenvalue weighted by atomic mass is 10.1. The first kappa shape index (κ1) is 31.2. The first-order valence-electron chi connectivity index (χ1n) is 10.4. The molecule has 2 rings (SSSR count). The van der Waals surface area contributed by atoms with Crippen molar-refractivity contribution in [3.63, 3.8) is 0 Å². The summed E-state index contributed by atoms with van der Waals surface area (Å²) >= 11 is 0. The van der Waals surface area contributed by atoms with Gasteiger partial charge in [0.1, 0.15) is 0 Å². The summed E-state index contributed by atoms with van der Waals surface area (Å²) in [7, 11) is 0. The van der Waals surface area contributed by atoms with Crippen LogP contribution in [0.3, 0.4) is 0 Å².